The van der Waals surface area contributed by atoms with Gasteiger partial charge in [0, 0.05) is 31.4 Å². The summed E-state index contributed by atoms with van der Waals surface area (Å²) in [6, 6.07) is 6.49. The van der Waals surface area contributed by atoms with Crippen molar-refractivity contribution in [3.05, 3.63) is 70.3 Å². The number of methoxy groups -OCH3 is 1. The first-order valence-electron chi connectivity index (χ1n) is 12.6. The number of imide groups is 1. The molecule has 11 heteroatoms. The smallest absolute Gasteiger partial charge is 0.322 e. The number of nitrogens with one attached hydrogen (secondary N) is 4. The lowest BCUT2D eigenvalue weighted by molar-refractivity contribution is -0.124. The molecule has 1 fully saturated rings. The topological polar surface area (TPSA) is 142 Å². The second kappa shape index (κ2) is 12.3. The van der Waals surface area contributed by atoms with E-state index in [0.717, 1.165) is 28.9 Å². The number of carbonyl (C=O) groups is 4. The van der Waals surface area contributed by atoms with Crippen LogP contribution in [0.15, 0.2) is 46.5 Å². The molecule has 3 heterocycles. The molecular weight excluding hydrogens is 502 g/mol. The van der Waals surface area contributed by atoms with E-state index in [-0.39, 0.29) is 11.9 Å². The summed E-state index contributed by atoms with van der Waals surface area (Å²) in [5.74, 6) is 1.23. The zero-order chi connectivity index (χ0) is 28.7. The molecule has 1 saturated heterocycles. The minimum atomic E-state index is -1.24. The van der Waals surface area contributed by atoms with Crippen LogP contribution in [0.2, 0.25) is 0 Å². The molecule has 0 spiro atoms. The van der Waals surface area contributed by atoms with Crippen LogP contribution >= 0.6 is 0 Å². The molecule has 4 N–H and O–H groups in total. The molecule has 1 aromatic heterocycles. The lowest BCUT2D eigenvalue weighted by Crippen LogP contribution is -2.40. The number of ether oxygens (including phenoxy) is 1. The SMILES string of the molecule is CC/C=C(/C=C\c1oc(C2(C)NC(=O)NC2=O)cc1C)NC(=O)NCC.COc1ccc2c(c1)C(=O)N(C)C2. The molecule has 0 aliphatic carbocycles. The number of benzene rings is 1. The summed E-state index contributed by atoms with van der Waals surface area (Å²) in [4.78, 5) is 48.4. The number of aryl methyl sites for hydroxylation is 1. The van der Waals surface area contributed by atoms with E-state index >= 15 is 0 Å². The summed E-state index contributed by atoms with van der Waals surface area (Å²) in [6.45, 7) is 8.46. The van der Waals surface area contributed by atoms with Crippen molar-refractivity contribution in [3.8, 4) is 5.75 Å². The third-order valence-electron chi connectivity index (χ3n) is 6.23. The van der Waals surface area contributed by atoms with Crippen molar-refractivity contribution in [1.82, 2.24) is 26.2 Å². The van der Waals surface area contributed by atoms with Crippen molar-refractivity contribution in [1.29, 1.82) is 0 Å². The Labute approximate surface area is 227 Å². The van der Waals surface area contributed by atoms with E-state index in [1.165, 1.54) is 0 Å². The molecule has 2 aliphatic rings. The van der Waals surface area contributed by atoms with Crippen LogP contribution in [0.25, 0.3) is 6.08 Å². The van der Waals surface area contributed by atoms with Gasteiger partial charge in [0.2, 0.25) is 0 Å². The van der Waals surface area contributed by atoms with Crippen molar-refractivity contribution in [3.63, 3.8) is 0 Å². The summed E-state index contributed by atoms with van der Waals surface area (Å²) in [6.07, 6.45) is 6.06. The quantitative estimate of drug-likeness (QED) is 0.314. The number of furan rings is 1. The molecule has 1 atom stereocenters. The third kappa shape index (κ3) is 6.67. The van der Waals surface area contributed by atoms with Gasteiger partial charge >= 0.3 is 12.1 Å². The van der Waals surface area contributed by atoms with Gasteiger partial charge in [-0.1, -0.05) is 19.1 Å². The zero-order valence-corrected chi connectivity index (χ0v) is 23.1. The van der Waals surface area contributed by atoms with Gasteiger partial charge in [-0.25, -0.2) is 9.59 Å². The fourth-order valence-corrected chi connectivity index (χ4v) is 4.06. The van der Waals surface area contributed by atoms with Crippen LogP contribution in [0.5, 0.6) is 5.75 Å². The highest BCUT2D eigenvalue weighted by molar-refractivity contribution is 6.06. The summed E-state index contributed by atoms with van der Waals surface area (Å²) in [5.41, 5.74) is 2.04. The molecule has 0 radical (unpaired) electrons. The van der Waals surface area contributed by atoms with Crippen molar-refractivity contribution in [2.24, 2.45) is 0 Å². The monoisotopic (exact) mass is 537 g/mol. The summed E-state index contributed by atoms with van der Waals surface area (Å²) < 4.78 is 10.8. The van der Waals surface area contributed by atoms with Crippen LogP contribution in [-0.2, 0) is 16.9 Å². The summed E-state index contributed by atoms with van der Waals surface area (Å²) >= 11 is 0. The first kappa shape index (κ1) is 29.0. The van der Waals surface area contributed by atoms with Crippen molar-refractivity contribution < 1.29 is 28.3 Å². The standard InChI is InChI=1S/C18H24N4O4.C10H11NO2/c1-5-7-12(20-16(24)19-6-2)8-9-13-11(3)10-14(26-13)18(4)15(23)21-17(25)22-18;1-11-6-7-3-4-8(13-2)5-9(7)10(11)12/h7-10H,5-6H2,1-4H3,(H2,19,20,24)(H2,21,22,23,25);3-5H,6H2,1-2H3/b9-8-,12-7-;. The Morgan fingerprint density at radius 1 is 1.23 bits per heavy atom. The number of hydrogen-bond acceptors (Lipinski definition) is 6. The lowest BCUT2D eigenvalue weighted by atomic mass is 9.99. The summed E-state index contributed by atoms with van der Waals surface area (Å²) in [5, 5.41) is 10.2. The maximum Gasteiger partial charge on any atom is 0.322 e. The van der Waals surface area contributed by atoms with Gasteiger partial charge in [-0.05, 0) is 68.7 Å². The Hall–Kier alpha value is -4.54. The number of allylic oxidation sites excluding steroid dienone is 2. The van der Waals surface area contributed by atoms with Gasteiger partial charge in [0.05, 0.1) is 7.11 Å². The fraction of sp³-hybridized carbons (Fsp3) is 0.357. The number of rotatable bonds is 7. The van der Waals surface area contributed by atoms with Gasteiger partial charge in [-0.2, -0.15) is 0 Å². The summed E-state index contributed by atoms with van der Waals surface area (Å²) in [7, 11) is 3.40. The Morgan fingerprint density at radius 2 is 1.97 bits per heavy atom. The maximum atomic E-state index is 12.0. The van der Waals surface area contributed by atoms with Gasteiger partial charge in [-0.3, -0.25) is 14.9 Å². The highest BCUT2D eigenvalue weighted by Gasteiger charge is 2.46. The Kier molecular flexibility index (Phi) is 9.18. The van der Waals surface area contributed by atoms with E-state index in [0.29, 0.717) is 30.3 Å². The van der Waals surface area contributed by atoms with Gasteiger partial charge in [0.25, 0.3) is 11.8 Å². The average molecular weight is 538 g/mol. The molecule has 6 amide bonds. The van der Waals surface area contributed by atoms with Crippen LogP contribution in [0, 0.1) is 6.92 Å². The van der Waals surface area contributed by atoms with E-state index < -0.39 is 17.5 Å². The van der Waals surface area contributed by atoms with E-state index in [1.54, 1.807) is 50.3 Å². The number of carbonyl (C=O) groups excluding carboxylic acids is 4. The fourth-order valence-electron chi connectivity index (χ4n) is 4.06. The molecule has 0 bridgehead atoms. The molecule has 208 valence electrons. The first-order valence-corrected chi connectivity index (χ1v) is 12.6. The van der Waals surface area contributed by atoms with E-state index in [1.807, 2.05) is 39.0 Å². The normalized spacial score (nSPS) is 18.4. The number of urea groups is 2. The predicted molar refractivity (Wildman–Crippen MR) is 146 cm³/mol. The molecule has 11 nitrogen and oxygen atoms in total. The minimum Gasteiger partial charge on any atom is -0.497 e. The van der Waals surface area contributed by atoms with Crippen LogP contribution in [0.4, 0.5) is 9.59 Å². The number of hydrogen-bond donors (Lipinski definition) is 4. The molecule has 2 aliphatic heterocycles. The van der Waals surface area contributed by atoms with Crippen LogP contribution in [0.1, 0.15) is 60.2 Å². The third-order valence-corrected chi connectivity index (χ3v) is 6.23. The molecular formula is C28H35N5O6. The Morgan fingerprint density at radius 3 is 2.59 bits per heavy atom. The van der Waals surface area contributed by atoms with Crippen LogP contribution in [-0.4, -0.2) is 49.5 Å². The van der Waals surface area contributed by atoms with E-state index in [4.69, 9.17) is 9.15 Å². The minimum absolute atomic E-state index is 0.0777. The van der Waals surface area contributed by atoms with Crippen LogP contribution in [0.3, 0.4) is 0 Å². The zero-order valence-electron chi connectivity index (χ0n) is 23.1. The largest absolute Gasteiger partial charge is 0.497 e. The maximum absolute atomic E-state index is 12.0. The molecule has 4 rings (SSSR count). The molecule has 1 aromatic carbocycles. The van der Waals surface area contributed by atoms with Gasteiger partial charge in [0.1, 0.15) is 17.3 Å². The molecule has 0 saturated carbocycles. The van der Waals surface area contributed by atoms with E-state index in [2.05, 4.69) is 21.3 Å². The Bertz CT molecular complexity index is 1330. The highest BCUT2D eigenvalue weighted by Crippen LogP contribution is 2.29. The lowest BCUT2D eigenvalue weighted by Gasteiger charge is -2.16. The van der Waals surface area contributed by atoms with E-state index in [9.17, 15) is 19.2 Å². The van der Waals surface area contributed by atoms with Crippen molar-refractivity contribution in [2.45, 2.75) is 46.2 Å². The van der Waals surface area contributed by atoms with Crippen molar-refractivity contribution >= 4 is 30.0 Å². The molecule has 39 heavy (non-hydrogen) atoms. The van der Waals surface area contributed by atoms with Crippen molar-refractivity contribution in [2.75, 3.05) is 20.7 Å². The first-order chi connectivity index (χ1) is 18.5. The highest BCUT2D eigenvalue weighted by atomic mass is 16.5. The van der Waals surface area contributed by atoms with Gasteiger partial charge < -0.3 is 30.0 Å². The predicted octanol–water partition coefficient (Wildman–Crippen LogP) is 3.55. The number of nitrogens with zero attached hydrogens (tertiary/aromatic N) is 1. The second-order valence-electron chi connectivity index (χ2n) is 9.26. The van der Waals surface area contributed by atoms with Crippen LogP contribution < -0.4 is 26.0 Å². The number of amides is 6. The number of fused-ring (bicyclic) bond motifs is 1. The second-order valence-corrected chi connectivity index (χ2v) is 9.26. The van der Waals surface area contributed by atoms with Gasteiger partial charge in [-0.15, -0.1) is 0 Å². The molecule has 2 aromatic rings. The van der Waals surface area contributed by atoms with Gasteiger partial charge in [0.15, 0.2) is 5.54 Å². The molecule has 1 unspecified atom stereocenters. The average Bonchev–Trinajstić information content (AvgIpc) is 3.50. The Balaban J connectivity index is 0.000000268.